The van der Waals surface area contributed by atoms with Crippen LogP contribution < -0.4 is 5.32 Å². The maximum atomic E-state index is 11.5. The van der Waals surface area contributed by atoms with Gasteiger partial charge in [-0.25, -0.2) is 0 Å². The minimum Gasteiger partial charge on any atom is -0.480 e. The van der Waals surface area contributed by atoms with E-state index in [-0.39, 0.29) is 0 Å². The van der Waals surface area contributed by atoms with Crippen LogP contribution in [0.25, 0.3) is 0 Å². The Labute approximate surface area is 104 Å². The van der Waals surface area contributed by atoms with Crippen molar-refractivity contribution in [1.82, 2.24) is 5.32 Å². The normalized spacial score (nSPS) is 33.1. The van der Waals surface area contributed by atoms with Gasteiger partial charge in [-0.1, -0.05) is 26.2 Å². The number of rotatable bonds is 5. The van der Waals surface area contributed by atoms with E-state index in [4.69, 9.17) is 0 Å². The lowest BCUT2D eigenvalue weighted by atomic mass is 9.80. The molecule has 0 spiro atoms. The molecule has 3 unspecified atom stereocenters. The molecule has 2 aliphatic rings. The third-order valence-corrected chi connectivity index (χ3v) is 4.76. The fourth-order valence-corrected chi connectivity index (χ4v) is 3.29. The predicted molar refractivity (Wildman–Crippen MR) is 67.9 cm³/mol. The molecule has 0 amide bonds. The summed E-state index contributed by atoms with van der Waals surface area (Å²) in [4.78, 5) is 11.5. The average molecular weight is 239 g/mol. The van der Waals surface area contributed by atoms with Gasteiger partial charge >= 0.3 is 5.97 Å². The van der Waals surface area contributed by atoms with E-state index < -0.39 is 11.5 Å². The number of hydrogen-bond donors (Lipinski definition) is 2. The summed E-state index contributed by atoms with van der Waals surface area (Å²) >= 11 is 0. The number of carboxylic acids is 1. The van der Waals surface area contributed by atoms with E-state index in [9.17, 15) is 9.90 Å². The molecule has 2 fully saturated rings. The van der Waals surface area contributed by atoms with E-state index >= 15 is 0 Å². The maximum absolute atomic E-state index is 11.5. The van der Waals surface area contributed by atoms with Gasteiger partial charge in [0, 0.05) is 6.04 Å². The van der Waals surface area contributed by atoms with Gasteiger partial charge in [0.15, 0.2) is 0 Å². The van der Waals surface area contributed by atoms with Crippen LogP contribution in [0.4, 0.5) is 0 Å². The van der Waals surface area contributed by atoms with Gasteiger partial charge in [-0.3, -0.25) is 10.1 Å². The van der Waals surface area contributed by atoms with Gasteiger partial charge in [-0.15, -0.1) is 0 Å². The van der Waals surface area contributed by atoms with Gasteiger partial charge in [0.25, 0.3) is 0 Å². The summed E-state index contributed by atoms with van der Waals surface area (Å²) < 4.78 is 0. The van der Waals surface area contributed by atoms with Crippen molar-refractivity contribution >= 4 is 5.97 Å². The molecule has 0 radical (unpaired) electrons. The minimum absolute atomic E-state index is 0.347. The van der Waals surface area contributed by atoms with Crippen molar-refractivity contribution < 1.29 is 9.90 Å². The molecule has 3 atom stereocenters. The van der Waals surface area contributed by atoms with Crippen LogP contribution in [-0.2, 0) is 4.79 Å². The van der Waals surface area contributed by atoms with Gasteiger partial charge in [0.2, 0.25) is 0 Å². The van der Waals surface area contributed by atoms with Gasteiger partial charge < -0.3 is 5.11 Å². The number of nitrogens with one attached hydrogen (secondary N) is 1. The smallest absolute Gasteiger partial charge is 0.323 e. The molecule has 0 bridgehead atoms. The zero-order valence-corrected chi connectivity index (χ0v) is 11.0. The standard InChI is InChI=1S/C14H25NO2/c1-3-10-6-4-5-7-12(10)15-14(2,13(16)17)11-8-9-11/h10-12,15H,3-9H2,1-2H3,(H,16,17). The Bertz CT molecular complexity index is 288. The van der Waals surface area contributed by atoms with E-state index in [0.29, 0.717) is 17.9 Å². The monoisotopic (exact) mass is 239 g/mol. The first-order chi connectivity index (χ1) is 8.08. The molecule has 0 aromatic rings. The lowest BCUT2D eigenvalue weighted by Gasteiger charge is -2.38. The van der Waals surface area contributed by atoms with Crippen molar-refractivity contribution in [3.8, 4) is 0 Å². The van der Waals surface area contributed by atoms with Crippen LogP contribution in [0.3, 0.4) is 0 Å². The van der Waals surface area contributed by atoms with E-state index in [1.54, 1.807) is 0 Å². The van der Waals surface area contributed by atoms with Gasteiger partial charge in [0.1, 0.15) is 5.54 Å². The Morgan fingerprint density at radius 2 is 1.94 bits per heavy atom. The quantitative estimate of drug-likeness (QED) is 0.775. The van der Waals surface area contributed by atoms with Crippen molar-refractivity contribution in [3.63, 3.8) is 0 Å². The highest BCUT2D eigenvalue weighted by Crippen LogP contribution is 2.41. The van der Waals surface area contributed by atoms with E-state index in [1.807, 2.05) is 6.92 Å². The summed E-state index contributed by atoms with van der Waals surface area (Å²) in [5.74, 6) is 0.348. The van der Waals surface area contributed by atoms with Crippen molar-refractivity contribution in [3.05, 3.63) is 0 Å². The molecule has 2 aliphatic carbocycles. The molecular formula is C14H25NO2. The maximum Gasteiger partial charge on any atom is 0.323 e. The zero-order valence-electron chi connectivity index (χ0n) is 11.0. The van der Waals surface area contributed by atoms with Crippen LogP contribution in [0.1, 0.15) is 58.8 Å². The van der Waals surface area contributed by atoms with E-state index in [0.717, 1.165) is 25.7 Å². The van der Waals surface area contributed by atoms with Crippen molar-refractivity contribution in [2.45, 2.75) is 70.4 Å². The van der Waals surface area contributed by atoms with Gasteiger partial charge in [-0.2, -0.15) is 0 Å². The Kier molecular flexibility index (Phi) is 3.76. The van der Waals surface area contributed by atoms with Crippen molar-refractivity contribution in [2.75, 3.05) is 0 Å². The second kappa shape index (κ2) is 4.97. The first-order valence-corrected chi connectivity index (χ1v) is 7.09. The van der Waals surface area contributed by atoms with Crippen LogP contribution in [0, 0.1) is 11.8 Å². The Balaban J connectivity index is 2.03. The second-order valence-corrected chi connectivity index (χ2v) is 5.99. The number of aliphatic carboxylic acids is 1. The van der Waals surface area contributed by atoms with Crippen molar-refractivity contribution in [1.29, 1.82) is 0 Å². The molecule has 0 heterocycles. The molecule has 2 N–H and O–H groups in total. The Hall–Kier alpha value is -0.570. The SMILES string of the molecule is CCC1CCCCC1NC(C)(C(=O)O)C1CC1. The first-order valence-electron chi connectivity index (χ1n) is 7.09. The second-order valence-electron chi connectivity index (χ2n) is 5.99. The van der Waals surface area contributed by atoms with Crippen LogP contribution in [-0.4, -0.2) is 22.7 Å². The molecule has 17 heavy (non-hydrogen) atoms. The van der Waals surface area contributed by atoms with Crippen LogP contribution in [0.5, 0.6) is 0 Å². The third-order valence-electron chi connectivity index (χ3n) is 4.76. The number of carboxylic acid groups (broad SMARTS) is 1. The summed E-state index contributed by atoms with van der Waals surface area (Å²) in [7, 11) is 0. The Morgan fingerprint density at radius 3 is 2.47 bits per heavy atom. The van der Waals surface area contributed by atoms with Gasteiger partial charge in [-0.05, 0) is 44.4 Å². The third kappa shape index (κ3) is 2.65. The lowest BCUT2D eigenvalue weighted by molar-refractivity contribution is -0.145. The number of hydrogen-bond acceptors (Lipinski definition) is 2. The summed E-state index contributed by atoms with van der Waals surface area (Å²) in [6, 6.07) is 0.412. The van der Waals surface area contributed by atoms with Crippen molar-refractivity contribution in [2.24, 2.45) is 11.8 Å². The summed E-state index contributed by atoms with van der Waals surface area (Å²) in [6.45, 7) is 4.11. The topological polar surface area (TPSA) is 49.3 Å². The molecule has 3 nitrogen and oxygen atoms in total. The van der Waals surface area contributed by atoms with E-state index in [2.05, 4.69) is 12.2 Å². The lowest BCUT2D eigenvalue weighted by Crippen LogP contribution is -2.57. The fourth-order valence-electron chi connectivity index (χ4n) is 3.29. The molecule has 2 saturated carbocycles. The van der Waals surface area contributed by atoms with Crippen LogP contribution in [0.15, 0.2) is 0 Å². The molecular weight excluding hydrogens is 214 g/mol. The number of carbonyl (C=O) groups is 1. The van der Waals surface area contributed by atoms with Crippen LogP contribution in [0.2, 0.25) is 0 Å². The molecule has 3 heteroatoms. The summed E-state index contributed by atoms with van der Waals surface area (Å²) in [6.07, 6.45) is 8.26. The summed E-state index contributed by atoms with van der Waals surface area (Å²) in [5.41, 5.74) is -0.685. The van der Waals surface area contributed by atoms with Crippen LogP contribution >= 0.6 is 0 Å². The predicted octanol–water partition coefficient (Wildman–Crippen LogP) is 2.80. The fraction of sp³-hybridized carbons (Fsp3) is 0.929. The van der Waals surface area contributed by atoms with E-state index in [1.165, 1.54) is 19.3 Å². The first kappa shape index (κ1) is 12.9. The van der Waals surface area contributed by atoms with Gasteiger partial charge in [0.05, 0.1) is 0 Å². The molecule has 0 aromatic carbocycles. The molecule has 0 saturated heterocycles. The summed E-state index contributed by atoms with van der Waals surface area (Å²) in [5, 5.41) is 13.0. The molecule has 2 rings (SSSR count). The minimum atomic E-state index is -0.685. The average Bonchev–Trinajstić information content (AvgIpc) is 3.13. The molecule has 0 aromatic heterocycles. The highest BCUT2D eigenvalue weighted by Gasteiger charge is 2.49. The zero-order chi connectivity index (χ0) is 12.5. The molecule has 0 aliphatic heterocycles. The highest BCUT2D eigenvalue weighted by molar-refractivity contribution is 5.79. The Morgan fingerprint density at radius 1 is 1.29 bits per heavy atom. The highest BCUT2D eigenvalue weighted by atomic mass is 16.4. The largest absolute Gasteiger partial charge is 0.480 e. The molecule has 98 valence electrons.